The van der Waals surface area contributed by atoms with Crippen LogP contribution < -0.4 is 10.8 Å². The number of hydrogen-bond acceptors (Lipinski definition) is 9. The Hall–Kier alpha value is -2.36. The van der Waals surface area contributed by atoms with E-state index in [0.29, 0.717) is 5.96 Å². The average molecular weight is 386 g/mol. The number of likely N-dealkylation sites (N-methyl/N-ethyl adjacent to an activating group) is 2. The molecule has 0 aromatic rings. The zero-order chi connectivity index (χ0) is 19.4. The summed E-state index contributed by atoms with van der Waals surface area (Å²) in [6, 6.07) is 0. The lowest BCUT2D eigenvalue weighted by Gasteiger charge is -2.14. The first kappa shape index (κ1) is 24.6. The molecule has 10 heteroatoms. The van der Waals surface area contributed by atoms with E-state index < -0.39 is 5.97 Å². The molecule has 0 bridgehead atoms. The maximum atomic E-state index is 10.1. The van der Waals surface area contributed by atoms with E-state index in [2.05, 4.69) is 37.7 Å². The Bertz CT molecular complexity index is 535. The van der Waals surface area contributed by atoms with Gasteiger partial charge < -0.3 is 20.2 Å². The molecule has 0 amide bonds. The molecule has 3 aliphatic heterocycles. The molecule has 0 saturated heterocycles. The van der Waals surface area contributed by atoms with Crippen molar-refractivity contribution in [1.29, 1.82) is 0 Å². The molecule has 0 radical (unpaired) electrons. The van der Waals surface area contributed by atoms with E-state index in [1.165, 1.54) is 5.84 Å². The highest BCUT2D eigenvalue weighted by atomic mass is 16.6. The largest absolute Gasteiger partial charge is 0.481 e. The lowest BCUT2D eigenvalue weighted by molar-refractivity contribution is -0.138. The smallest absolute Gasteiger partial charge is 0.305 e. The first-order chi connectivity index (χ1) is 12.4. The number of carboxylic acids is 1. The fraction of sp³-hybridized carbons (Fsp3) is 0.765. The Morgan fingerprint density at radius 3 is 2.15 bits per heavy atom. The predicted molar refractivity (Wildman–Crippen MR) is 110 cm³/mol. The molecule has 3 heterocycles. The highest BCUT2D eigenvalue weighted by Gasteiger charge is 2.11. The number of nitrogens with zero attached hydrogens (tertiary/aromatic N) is 5. The molecular formula is C17H35N7O3. The van der Waals surface area contributed by atoms with Gasteiger partial charge in [-0.05, 0) is 13.8 Å². The minimum atomic E-state index is -0.872. The highest BCUT2D eigenvalue weighted by molar-refractivity contribution is 5.81. The maximum Gasteiger partial charge on any atom is 0.305 e. The van der Waals surface area contributed by atoms with Crippen LogP contribution in [-0.2, 0) is 9.63 Å². The molecular weight excluding hydrogens is 350 g/mol. The summed E-state index contributed by atoms with van der Waals surface area (Å²) in [6.45, 7) is 9.86. The summed E-state index contributed by atoms with van der Waals surface area (Å²) in [5, 5.41) is 11.4. The van der Waals surface area contributed by atoms with Crippen LogP contribution in [0.15, 0.2) is 15.0 Å². The molecule has 3 N–H and O–H groups in total. The summed E-state index contributed by atoms with van der Waals surface area (Å²) < 4.78 is 0. The van der Waals surface area contributed by atoms with Gasteiger partial charge in [0.15, 0.2) is 0 Å². The van der Waals surface area contributed by atoms with Crippen molar-refractivity contribution in [2.75, 3.05) is 60.0 Å². The number of hydroxylamine groups is 1. The number of aliphatic carboxylic acids is 1. The predicted octanol–water partition coefficient (Wildman–Crippen LogP) is 0.278. The summed E-state index contributed by atoms with van der Waals surface area (Å²) in [5.74, 6) is 2.03. The minimum absolute atomic E-state index is 0. The summed E-state index contributed by atoms with van der Waals surface area (Å²) in [6.07, 6.45) is -0.00993. The number of hydrogen-bond donors (Lipinski definition) is 3. The summed E-state index contributed by atoms with van der Waals surface area (Å²) >= 11 is 0. The zero-order valence-corrected chi connectivity index (χ0v) is 16.2. The van der Waals surface area contributed by atoms with Crippen LogP contribution in [0, 0.1) is 0 Å². The topological polar surface area (TPSA) is 114 Å². The Kier molecular flexibility index (Phi) is 12.6. The van der Waals surface area contributed by atoms with Gasteiger partial charge in [0.25, 0.3) is 0 Å². The van der Waals surface area contributed by atoms with Gasteiger partial charge in [0.2, 0.25) is 5.96 Å². The molecule has 0 aromatic heterocycles. The van der Waals surface area contributed by atoms with Gasteiger partial charge in [0.1, 0.15) is 0 Å². The molecule has 0 aromatic carbocycles. The van der Waals surface area contributed by atoms with E-state index in [4.69, 9.17) is 9.94 Å². The van der Waals surface area contributed by atoms with E-state index >= 15 is 0 Å². The quantitative estimate of drug-likeness (QED) is 0.470. The molecule has 0 saturated carbocycles. The minimum Gasteiger partial charge on any atom is -0.481 e. The lowest BCUT2D eigenvalue weighted by Crippen LogP contribution is -2.35. The van der Waals surface area contributed by atoms with Crippen molar-refractivity contribution in [3.8, 4) is 0 Å². The monoisotopic (exact) mass is 385 g/mol. The van der Waals surface area contributed by atoms with Crippen LogP contribution in [0.3, 0.4) is 0 Å². The van der Waals surface area contributed by atoms with Crippen LogP contribution in [0.2, 0.25) is 0 Å². The van der Waals surface area contributed by atoms with Gasteiger partial charge in [-0.1, -0.05) is 7.43 Å². The summed E-state index contributed by atoms with van der Waals surface area (Å²) in [4.78, 5) is 31.4. The molecule has 3 aliphatic rings. The van der Waals surface area contributed by atoms with Crippen LogP contribution in [0.1, 0.15) is 27.7 Å². The molecule has 0 spiro atoms. The highest BCUT2D eigenvalue weighted by Crippen LogP contribution is 1.95. The molecule has 0 fully saturated rings. The Balaban J connectivity index is 0.000000407. The summed E-state index contributed by atoms with van der Waals surface area (Å²) in [7, 11) is 3.95. The van der Waals surface area contributed by atoms with Gasteiger partial charge in [-0.3, -0.25) is 19.6 Å². The molecule has 0 atom stereocenters. The SMILES string of the molecule is C.CC1=NCCN1.CC1=NCCN1C.CN1CCN=C1NOCCC(=O)O. The van der Waals surface area contributed by atoms with E-state index in [0.717, 1.165) is 45.1 Å². The Morgan fingerprint density at radius 1 is 1.15 bits per heavy atom. The van der Waals surface area contributed by atoms with Crippen LogP contribution in [0.4, 0.5) is 0 Å². The third-order valence-electron chi connectivity index (χ3n) is 3.81. The number of carboxylic acid groups (broad SMARTS) is 1. The second-order valence-electron chi connectivity index (χ2n) is 5.97. The molecule has 3 rings (SSSR count). The fourth-order valence-corrected chi connectivity index (χ4v) is 2.06. The number of aliphatic imine (C=N–C) groups is 3. The second-order valence-corrected chi connectivity index (χ2v) is 5.97. The maximum absolute atomic E-state index is 10.1. The van der Waals surface area contributed by atoms with E-state index in [1.54, 1.807) is 0 Å². The Morgan fingerprint density at radius 2 is 1.81 bits per heavy atom. The molecule has 156 valence electrons. The lowest BCUT2D eigenvalue weighted by atomic mass is 10.5. The van der Waals surface area contributed by atoms with Gasteiger partial charge in [-0.15, -0.1) is 0 Å². The van der Waals surface area contributed by atoms with Gasteiger partial charge in [0, 0.05) is 33.7 Å². The van der Waals surface area contributed by atoms with Crippen molar-refractivity contribution < 1.29 is 14.7 Å². The van der Waals surface area contributed by atoms with Crippen molar-refractivity contribution in [3.05, 3.63) is 0 Å². The zero-order valence-electron chi connectivity index (χ0n) is 16.2. The van der Waals surface area contributed by atoms with Crippen LogP contribution in [0.5, 0.6) is 0 Å². The van der Waals surface area contributed by atoms with Crippen LogP contribution >= 0.6 is 0 Å². The average Bonchev–Trinajstić information content (AvgIpc) is 3.31. The van der Waals surface area contributed by atoms with Gasteiger partial charge in [0.05, 0.1) is 44.3 Å². The van der Waals surface area contributed by atoms with Gasteiger partial charge in [-0.2, -0.15) is 0 Å². The van der Waals surface area contributed by atoms with Crippen molar-refractivity contribution in [1.82, 2.24) is 20.6 Å². The van der Waals surface area contributed by atoms with E-state index in [1.807, 2.05) is 25.8 Å². The van der Waals surface area contributed by atoms with Crippen LogP contribution in [-0.4, -0.2) is 98.5 Å². The van der Waals surface area contributed by atoms with Crippen LogP contribution in [0.25, 0.3) is 0 Å². The van der Waals surface area contributed by atoms with E-state index in [9.17, 15) is 4.79 Å². The van der Waals surface area contributed by atoms with Gasteiger partial charge >= 0.3 is 5.97 Å². The number of amidine groups is 2. The van der Waals surface area contributed by atoms with Crippen molar-refractivity contribution in [2.45, 2.75) is 27.7 Å². The third-order valence-corrected chi connectivity index (χ3v) is 3.81. The Labute approximate surface area is 162 Å². The van der Waals surface area contributed by atoms with Gasteiger partial charge in [-0.25, -0.2) is 10.5 Å². The normalized spacial score (nSPS) is 17.3. The fourth-order valence-electron chi connectivity index (χ4n) is 2.06. The van der Waals surface area contributed by atoms with E-state index in [-0.39, 0.29) is 20.5 Å². The molecule has 10 nitrogen and oxygen atoms in total. The molecule has 27 heavy (non-hydrogen) atoms. The second kappa shape index (κ2) is 13.8. The third kappa shape index (κ3) is 11.1. The number of carbonyl (C=O) groups is 1. The first-order valence-corrected chi connectivity index (χ1v) is 8.72. The molecule has 0 unspecified atom stereocenters. The van der Waals surface area contributed by atoms with Crippen molar-refractivity contribution in [3.63, 3.8) is 0 Å². The van der Waals surface area contributed by atoms with Crippen molar-refractivity contribution >= 4 is 23.6 Å². The van der Waals surface area contributed by atoms with Crippen molar-refractivity contribution in [2.24, 2.45) is 15.0 Å². The number of nitrogens with one attached hydrogen (secondary N) is 2. The molecule has 0 aliphatic carbocycles. The standard InChI is InChI=1S/C7H13N3O3.C5H10N2.C4H8N2.CH4/c1-10-4-3-8-7(10)9-13-5-2-6(11)12;1-5-6-3-4-7(5)2;1-4-5-2-3-6-4;/h2-5H2,1H3,(H,8,9)(H,11,12);3-4H2,1-2H3;2-3H2,1H3,(H,5,6);1H4. The number of rotatable bonds is 4. The summed E-state index contributed by atoms with van der Waals surface area (Å²) in [5.41, 5.74) is 2.60. The first-order valence-electron chi connectivity index (χ1n) is 8.72. The number of guanidine groups is 1.